The first-order valence-corrected chi connectivity index (χ1v) is 7.67. The van der Waals surface area contributed by atoms with Crippen LogP contribution in [0.2, 0.25) is 0 Å². The molecule has 0 heterocycles. The lowest BCUT2D eigenvalue weighted by Gasteiger charge is -2.23. The summed E-state index contributed by atoms with van der Waals surface area (Å²) in [7, 11) is 3.91. The van der Waals surface area contributed by atoms with E-state index in [-0.39, 0.29) is 0 Å². The van der Waals surface area contributed by atoms with Gasteiger partial charge in [-0.25, -0.2) is 0 Å². The zero-order chi connectivity index (χ0) is 15.7. The Morgan fingerprint density at radius 3 is 2.62 bits per heavy atom. The summed E-state index contributed by atoms with van der Waals surface area (Å²) in [6, 6.07) is 8.75. The summed E-state index contributed by atoms with van der Waals surface area (Å²) in [6.07, 6.45) is 4.11. The maximum Gasteiger partial charge on any atom is 0.193 e. The van der Waals surface area contributed by atoms with Crippen molar-refractivity contribution in [3.05, 3.63) is 48.0 Å². The van der Waals surface area contributed by atoms with Crippen LogP contribution < -0.4 is 5.32 Å². The topological polar surface area (TPSA) is 27.6 Å². The van der Waals surface area contributed by atoms with E-state index in [1.165, 1.54) is 11.1 Å². The molecule has 1 aromatic rings. The Morgan fingerprint density at radius 2 is 2.05 bits per heavy atom. The van der Waals surface area contributed by atoms with Crippen LogP contribution in [0, 0.1) is 6.92 Å². The molecular weight excluding hydrogens is 258 g/mol. The Kier molecular flexibility index (Phi) is 7.59. The van der Waals surface area contributed by atoms with E-state index in [2.05, 4.69) is 66.9 Å². The van der Waals surface area contributed by atoms with Crippen molar-refractivity contribution in [2.24, 2.45) is 4.99 Å². The van der Waals surface area contributed by atoms with Gasteiger partial charge in [0, 0.05) is 27.2 Å². The van der Waals surface area contributed by atoms with Crippen LogP contribution in [0.1, 0.15) is 36.8 Å². The number of benzene rings is 1. The molecular formula is C18H29N3. The van der Waals surface area contributed by atoms with Gasteiger partial charge in [-0.15, -0.1) is 6.58 Å². The van der Waals surface area contributed by atoms with E-state index in [0.29, 0.717) is 5.92 Å². The molecule has 0 aromatic heterocycles. The molecule has 0 saturated heterocycles. The van der Waals surface area contributed by atoms with Crippen molar-refractivity contribution in [3.8, 4) is 0 Å². The molecule has 3 heteroatoms. The maximum atomic E-state index is 4.35. The first-order chi connectivity index (χ1) is 10.1. The van der Waals surface area contributed by atoms with Crippen LogP contribution in [-0.2, 0) is 0 Å². The van der Waals surface area contributed by atoms with Crippen molar-refractivity contribution >= 4 is 5.96 Å². The minimum absolute atomic E-state index is 0.462. The summed E-state index contributed by atoms with van der Waals surface area (Å²) in [5.41, 5.74) is 2.66. The van der Waals surface area contributed by atoms with Crippen LogP contribution in [0.5, 0.6) is 0 Å². The van der Waals surface area contributed by atoms with Crippen molar-refractivity contribution in [3.63, 3.8) is 0 Å². The zero-order valence-corrected chi connectivity index (χ0v) is 13.9. The second-order valence-corrected chi connectivity index (χ2v) is 5.59. The predicted molar refractivity (Wildman–Crippen MR) is 93.0 cm³/mol. The lowest BCUT2D eigenvalue weighted by Crippen LogP contribution is -2.40. The molecule has 0 aliphatic rings. The number of unbranched alkanes of at least 4 members (excludes halogenated alkanes) is 1. The summed E-state index contributed by atoms with van der Waals surface area (Å²) in [6.45, 7) is 10.00. The third-order valence-electron chi connectivity index (χ3n) is 3.69. The van der Waals surface area contributed by atoms with Crippen molar-refractivity contribution < 1.29 is 0 Å². The number of guanidine groups is 1. The molecule has 0 radical (unpaired) electrons. The lowest BCUT2D eigenvalue weighted by atomic mass is 10.0. The van der Waals surface area contributed by atoms with E-state index >= 15 is 0 Å². The van der Waals surface area contributed by atoms with Crippen molar-refractivity contribution in [1.29, 1.82) is 0 Å². The molecule has 0 saturated carbocycles. The molecule has 0 amide bonds. The third kappa shape index (κ3) is 6.03. The molecule has 0 fully saturated rings. The summed E-state index contributed by atoms with van der Waals surface area (Å²) >= 11 is 0. The number of aliphatic imine (C=N–C) groups is 1. The van der Waals surface area contributed by atoms with E-state index in [1.54, 1.807) is 0 Å². The van der Waals surface area contributed by atoms with Crippen molar-refractivity contribution in [2.75, 3.05) is 27.2 Å². The molecule has 21 heavy (non-hydrogen) atoms. The fourth-order valence-corrected chi connectivity index (χ4v) is 2.22. The third-order valence-corrected chi connectivity index (χ3v) is 3.69. The van der Waals surface area contributed by atoms with Crippen LogP contribution in [0.15, 0.2) is 41.9 Å². The van der Waals surface area contributed by atoms with Gasteiger partial charge in [-0.3, -0.25) is 4.99 Å². The Balaban J connectivity index is 2.47. The Bertz CT molecular complexity index is 448. The van der Waals surface area contributed by atoms with Crippen LogP contribution >= 0.6 is 0 Å². The van der Waals surface area contributed by atoms with E-state index in [0.717, 1.165) is 31.9 Å². The number of nitrogens with one attached hydrogen (secondary N) is 1. The number of rotatable bonds is 7. The van der Waals surface area contributed by atoms with Crippen molar-refractivity contribution in [1.82, 2.24) is 10.2 Å². The monoisotopic (exact) mass is 287 g/mol. The van der Waals surface area contributed by atoms with Crippen LogP contribution in [0.3, 0.4) is 0 Å². The molecule has 0 aliphatic carbocycles. The molecule has 1 aromatic carbocycles. The van der Waals surface area contributed by atoms with E-state index in [1.807, 2.05) is 13.1 Å². The van der Waals surface area contributed by atoms with Crippen LogP contribution in [-0.4, -0.2) is 38.0 Å². The summed E-state index contributed by atoms with van der Waals surface area (Å²) in [4.78, 5) is 6.52. The molecule has 3 nitrogen and oxygen atoms in total. The highest BCUT2D eigenvalue weighted by Gasteiger charge is 2.09. The number of nitrogens with zero attached hydrogens (tertiary/aromatic N) is 2. The zero-order valence-electron chi connectivity index (χ0n) is 13.9. The standard InChI is InChI=1S/C18H29N3/c1-6-7-8-13-21(5)18(19-4)20-14-16(3)17-11-9-15(2)10-12-17/h6,9-12,16H,1,7-8,13-14H2,2-5H3,(H,19,20). The average molecular weight is 287 g/mol. The number of aryl methyl sites for hydroxylation is 1. The first-order valence-electron chi connectivity index (χ1n) is 7.67. The van der Waals surface area contributed by atoms with Gasteiger partial charge in [-0.05, 0) is 31.2 Å². The number of hydrogen-bond donors (Lipinski definition) is 1. The largest absolute Gasteiger partial charge is 0.356 e. The average Bonchev–Trinajstić information content (AvgIpc) is 2.48. The van der Waals surface area contributed by atoms with Gasteiger partial charge < -0.3 is 10.2 Å². The lowest BCUT2D eigenvalue weighted by molar-refractivity contribution is 0.467. The SMILES string of the molecule is C=CCCCN(C)C(=NC)NCC(C)c1ccc(C)cc1. The fraction of sp³-hybridized carbons (Fsp3) is 0.500. The molecule has 0 aliphatic heterocycles. The second kappa shape index (κ2) is 9.22. The molecule has 1 rings (SSSR count). The number of hydrogen-bond acceptors (Lipinski definition) is 1. The second-order valence-electron chi connectivity index (χ2n) is 5.59. The highest BCUT2D eigenvalue weighted by molar-refractivity contribution is 5.79. The van der Waals surface area contributed by atoms with Crippen molar-refractivity contribution in [2.45, 2.75) is 32.6 Å². The first kappa shape index (κ1) is 17.3. The van der Waals surface area contributed by atoms with Crippen LogP contribution in [0.4, 0.5) is 0 Å². The Morgan fingerprint density at radius 1 is 1.38 bits per heavy atom. The van der Waals surface area contributed by atoms with Crippen LogP contribution in [0.25, 0.3) is 0 Å². The molecule has 1 N–H and O–H groups in total. The van der Waals surface area contributed by atoms with Gasteiger partial charge >= 0.3 is 0 Å². The minimum Gasteiger partial charge on any atom is -0.356 e. The predicted octanol–water partition coefficient (Wildman–Crippen LogP) is 3.57. The molecule has 1 atom stereocenters. The molecule has 0 bridgehead atoms. The normalized spacial score (nSPS) is 12.9. The quantitative estimate of drug-likeness (QED) is 0.359. The highest BCUT2D eigenvalue weighted by atomic mass is 15.3. The molecule has 116 valence electrons. The maximum absolute atomic E-state index is 4.35. The van der Waals surface area contributed by atoms with E-state index in [4.69, 9.17) is 0 Å². The van der Waals surface area contributed by atoms with E-state index in [9.17, 15) is 0 Å². The molecule has 0 spiro atoms. The number of allylic oxidation sites excluding steroid dienone is 1. The summed E-state index contributed by atoms with van der Waals surface area (Å²) in [5.74, 6) is 1.42. The van der Waals surface area contributed by atoms with Gasteiger partial charge in [-0.1, -0.05) is 42.8 Å². The highest BCUT2D eigenvalue weighted by Crippen LogP contribution is 2.14. The minimum atomic E-state index is 0.462. The van der Waals surface area contributed by atoms with Gasteiger partial charge in [0.15, 0.2) is 5.96 Å². The Hall–Kier alpha value is -1.77. The molecule has 1 unspecified atom stereocenters. The smallest absolute Gasteiger partial charge is 0.193 e. The Labute approximate surface area is 129 Å². The van der Waals surface area contributed by atoms with Gasteiger partial charge in [0.25, 0.3) is 0 Å². The summed E-state index contributed by atoms with van der Waals surface area (Å²) < 4.78 is 0. The van der Waals surface area contributed by atoms with Gasteiger partial charge in [0.1, 0.15) is 0 Å². The van der Waals surface area contributed by atoms with Gasteiger partial charge in [-0.2, -0.15) is 0 Å². The van der Waals surface area contributed by atoms with Gasteiger partial charge in [0.05, 0.1) is 0 Å². The van der Waals surface area contributed by atoms with E-state index < -0.39 is 0 Å². The van der Waals surface area contributed by atoms with Gasteiger partial charge in [0.2, 0.25) is 0 Å². The fourth-order valence-electron chi connectivity index (χ4n) is 2.22. The summed E-state index contributed by atoms with van der Waals surface area (Å²) in [5, 5.41) is 3.46.